The van der Waals surface area contributed by atoms with Gasteiger partial charge in [-0.25, -0.2) is 0 Å². The predicted molar refractivity (Wildman–Crippen MR) is 67.5 cm³/mol. The summed E-state index contributed by atoms with van der Waals surface area (Å²) in [6.07, 6.45) is 5.69. The summed E-state index contributed by atoms with van der Waals surface area (Å²) in [5.41, 5.74) is 0. The highest BCUT2D eigenvalue weighted by Crippen LogP contribution is 2.29. The fourth-order valence-corrected chi connectivity index (χ4v) is 2.51. The lowest BCUT2D eigenvalue weighted by atomic mass is 9.79. The first kappa shape index (κ1) is 13.2. The van der Waals surface area contributed by atoms with E-state index >= 15 is 0 Å². The molecule has 0 radical (unpaired) electrons. The highest BCUT2D eigenvalue weighted by atomic mass is 32.2. The Bertz CT molecular complexity index is 220. The van der Waals surface area contributed by atoms with Crippen molar-refractivity contribution in [2.24, 2.45) is 11.8 Å². The lowest BCUT2D eigenvalue weighted by molar-refractivity contribution is 0.227. The number of hydrogen-bond donors (Lipinski definition) is 1. The molecule has 1 aliphatic rings. The minimum atomic E-state index is -0.693. The van der Waals surface area contributed by atoms with E-state index in [0.29, 0.717) is 6.04 Å². The standard InChI is InChI=1S/C12H25NOS/c1-9-5-6-12(7-10(9)2)13-8-11(3)15(4)14/h9-13H,5-8H2,1-4H3/t9-,10+,11+,12+,15+/m1/s1. The van der Waals surface area contributed by atoms with Crippen LogP contribution >= 0.6 is 0 Å². The van der Waals surface area contributed by atoms with Crippen molar-refractivity contribution in [2.45, 2.75) is 51.3 Å². The summed E-state index contributed by atoms with van der Waals surface area (Å²) >= 11 is 0. The summed E-state index contributed by atoms with van der Waals surface area (Å²) in [6, 6.07) is 0.655. The normalized spacial score (nSPS) is 36.1. The van der Waals surface area contributed by atoms with Gasteiger partial charge in [0.1, 0.15) is 0 Å². The van der Waals surface area contributed by atoms with Gasteiger partial charge in [0.2, 0.25) is 0 Å². The van der Waals surface area contributed by atoms with Crippen molar-refractivity contribution < 1.29 is 4.21 Å². The Morgan fingerprint density at radius 1 is 1.33 bits per heavy atom. The van der Waals surface area contributed by atoms with Crippen molar-refractivity contribution >= 4 is 10.8 Å². The lowest BCUT2D eigenvalue weighted by Gasteiger charge is -2.33. The van der Waals surface area contributed by atoms with Gasteiger partial charge >= 0.3 is 0 Å². The lowest BCUT2D eigenvalue weighted by Crippen LogP contribution is -2.40. The maximum Gasteiger partial charge on any atom is 0.0441 e. The van der Waals surface area contributed by atoms with E-state index in [2.05, 4.69) is 26.1 Å². The SMILES string of the molecule is C[C@@H]1CC[C@H](NC[C@H](C)[S@](C)=O)C[C@@H]1C. The Balaban J connectivity index is 2.25. The van der Waals surface area contributed by atoms with E-state index in [1.807, 2.05) is 0 Å². The summed E-state index contributed by atoms with van der Waals surface area (Å²) in [6.45, 7) is 7.65. The molecule has 0 spiro atoms. The number of nitrogens with one attached hydrogen (secondary N) is 1. The van der Waals surface area contributed by atoms with E-state index in [-0.39, 0.29) is 5.25 Å². The van der Waals surface area contributed by atoms with Crippen molar-refractivity contribution in [1.82, 2.24) is 5.32 Å². The summed E-state index contributed by atoms with van der Waals surface area (Å²) in [5.74, 6) is 1.71. The Kier molecular flexibility index (Phi) is 5.27. The van der Waals surface area contributed by atoms with Crippen LogP contribution in [0.3, 0.4) is 0 Å². The van der Waals surface area contributed by atoms with Gasteiger partial charge in [0.05, 0.1) is 0 Å². The molecule has 90 valence electrons. The Hall–Kier alpha value is 0.110. The van der Waals surface area contributed by atoms with Crippen LogP contribution in [0.2, 0.25) is 0 Å². The fourth-order valence-electron chi connectivity index (χ4n) is 2.18. The average molecular weight is 231 g/mol. The quantitative estimate of drug-likeness (QED) is 0.803. The first-order valence-corrected chi connectivity index (χ1v) is 7.68. The van der Waals surface area contributed by atoms with Crippen molar-refractivity contribution in [3.8, 4) is 0 Å². The molecule has 0 aromatic rings. The zero-order chi connectivity index (χ0) is 11.4. The predicted octanol–water partition coefficient (Wildman–Crippen LogP) is 2.17. The Labute approximate surface area is 96.7 Å². The summed E-state index contributed by atoms with van der Waals surface area (Å²) in [7, 11) is -0.693. The van der Waals surface area contributed by atoms with Crippen LogP contribution in [0.25, 0.3) is 0 Å². The van der Waals surface area contributed by atoms with E-state index in [1.165, 1.54) is 19.3 Å². The van der Waals surface area contributed by atoms with Gasteiger partial charge < -0.3 is 5.32 Å². The van der Waals surface area contributed by atoms with Crippen LogP contribution in [0.15, 0.2) is 0 Å². The minimum Gasteiger partial charge on any atom is -0.313 e. The molecule has 0 aromatic heterocycles. The van der Waals surface area contributed by atoms with E-state index in [9.17, 15) is 4.21 Å². The van der Waals surface area contributed by atoms with Crippen LogP contribution in [-0.4, -0.2) is 28.3 Å². The molecule has 1 rings (SSSR count). The van der Waals surface area contributed by atoms with Crippen molar-refractivity contribution in [2.75, 3.05) is 12.8 Å². The maximum atomic E-state index is 11.2. The third-order valence-corrected chi connectivity index (χ3v) is 5.16. The molecule has 2 nitrogen and oxygen atoms in total. The zero-order valence-corrected chi connectivity index (χ0v) is 11.3. The van der Waals surface area contributed by atoms with Gasteiger partial charge in [-0.05, 0) is 38.0 Å². The Morgan fingerprint density at radius 2 is 2.00 bits per heavy atom. The van der Waals surface area contributed by atoms with Crippen molar-refractivity contribution in [1.29, 1.82) is 0 Å². The summed E-state index contributed by atoms with van der Waals surface area (Å²) in [4.78, 5) is 0. The van der Waals surface area contributed by atoms with Gasteiger partial charge in [-0.15, -0.1) is 0 Å². The number of hydrogen-bond acceptors (Lipinski definition) is 2. The van der Waals surface area contributed by atoms with Crippen molar-refractivity contribution in [3.63, 3.8) is 0 Å². The van der Waals surface area contributed by atoms with E-state index in [1.54, 1.807) is 6.26 Å². The topological polar surface area (TPSA) is 29.1 Å². The largest absolute Gasteiger partial charge is 0.313 e. The highest BCUT2D eigenvalue weighted by molar-refractivity contribution is 7.84. The molecule has 0 heterocycles. The van der Waals surface area contributed by atoms with Gasteiger partial charge in [-0.1, -0.05) is 13.8 Å². The molecular formula is C12H25NOS. The second-order valence-corrected chi connectivity index (χ2v) is 6.98. The van der Waals surface area contributed by atoms with Gasteiger partial charge in [0.15, 0.2) is 0 Å². The molecule has 0 aromatic carbocycles. The second-order valence-electron chi connectivity index (χ2n) is 5.18. The highest BCUT2D eigenvalue weighted by Gasteiger charge is 2.24. The van der Waals surface area contributed by atoms with Crippen LogP contribution < -0.4 is 5.32 Å². The Morgan fingerprint density at radius 3 is 2.53 bits per heavy atom. The van der Waals surface area contributed by atoms with E-state index in [0.717, 1.165) is 18.4 Å². The van der Waals surface area contributed by atoms with Crippen molar-refractivity contribution in [3.05, 3.63) is 0 Å². The molecule has 0 saturated heterocycles. The molecule has 1 fully saturated rings. The average Bonchev–Trinajstić information content (AvgIpc) is 2.19. The van der Waals surface area contributed by atoms with E-state index in [4.69, 9.17) is 0 Å². The maximum absolute atomic E-state index is 11.2. The molecule has 1 saturated carbocycles. The second kappa shape index (κ2) is 6.00. The first-order valence-electron chi connectivity index (χ1n) is 6.06. The molecule has 3 heteroatoms. The molecule has 0 amide bonds. The summed E-state index contributed by atoms with van der Waals surface area (Å²) < 4.78 is 11.2. The molecule has 0 aliphatic heterocycles. The van der Waals surface area contributed by atoms with Gasteiger partial charge in [0, 0.05) is 34.9 Å². The first-order chi connectivity index (χ1) is 7.00. The third-order valence-electron chi connectivity index (χ3n) is 3.86. The van der Waals surface area contributed by atoms with Gasteiger partial charge in [-0.3, -0.25) is 4.21 Å². The van der Waals surface area contributed by atoms with Gasteiger partial charge in [0.25, 0.3) is 0 Å². The molecule has 15 heavy (non-hydrogen) atoms. The molecule has 0 unspecified atom stereocenters. The monoisotopic (exact) mass is 231 g/mol. The number of rotatable bonds is 4. The van der Waals surface area contributed by atoms with Gasteiger partial charge in [-0.2, -0.15) is 0 Å². The smallest absolute Gasteiger partial charge is 0.0441 e. The van der Waals surface area contributed by atoms with Crippen LogP contribution in [0.1, 0.15) is 40.0 Å². The fraction of sp³-hybridized carbons (Fsp3) is 1.00. The van der Waals surface area contributed by atoms with Crippen LogP contribution in [0.5, 0.6) is 0 Å². The third kappa shape index (κ3) is 4.23. The molecule has 5 atom stereocenters. The molecule has 1 aliphatic carbocycles. The van der Waals surface area contributed by atoms with Crippen LogP contribution in [0, 0.1) is 11.8 Å². The molecule has 0 bridgehead atoms. The van der Waals surface area contributed by atoms with E-state index < -0.39 is 10.8 Å². The van der Waals surface area contributed by atoms with Crippen LogP contribution in [-0.2, 0) is 10.8 Å². The summed E-state index contributed by atoms with van der Waals surface area (Å²) in [5, 5.41) is 3.84. The van der Waals surface area contributed by atoms with Crippen LogP contribution in [0.4, 0.5) is 0 Å². The zero-order valence-electron chi connectivity index (χ0n) is 10.5. The molecule has 1 N–H and O–H groups in total. The molecular weight excluding hydrogens is 206 g/mol. The minimum absolute atomic E-state index is 0.277.